The molecule has 1 heterocycles. The van der Waals surface area contributed by atoms with Gasteiger partial charge in [0.05, 0.1) is 0 Å². The van der Waals surface area contributed by atoms with E-state index in [0.717, 1.165) is 22.1 Å². The molecule has 7 heteroatoms. The Hall–Kier alpha value is -3.50. The highest BCUT2D eigenvalue weighted by Gasteiger charge is 2.19. The van der Waals surface area contributed by atoms with Gasteiger partial charge in [-0.25, -0.2) is 4.79 Å². The summed E-state index contributed by atoms with van der Waals surface area (Å²) in [7, 11) is 1.63. The minimum absolute atomic E-state index is 0.0300. The molecule has 0 bridgehead atoms. The van der Waals surface area contributed by atoms with Crippen molar-refractivity contribution in [3.05, 3.63) is 64.9 Å². The third kappa shape index (κ3) is 6.50. The molecular weight excluding hydrogens is 426 g/mol. The Bertz CT molecular complexity index is 1090. The van der Waals surface area contributed by atoms with Crippen LogP contribution in [-0.4, -0.2) is 37.3 Å². The summed E-state index contributed by atoms with van der Waals surface area (Å²) < 4.78 is 16.2. The van der Waals surface area contributed by atoms with Crippen LogP contribution in [0.4, 0.5) is 4.79 Å². The summed E-state index contributed by atoms with van der Waals surface area (Å²) in [5.74, 6) is 5.47. The van der Waals surface area contributed by atoms with E-state index >= 15 is 0 Å². The van der Waals surface area contributed by atoms with Gasteiger partial charge in [-0.3, -0.25) is 4.79 Å². The van der Waals surface area contributed by atoms with Crippen molar-refractivity contribution in [2.24, 2.45) is 0 Å². The summed E-state index contributed by atoms with van der Waals surface area (Å²) >= 11 is 1.60. The lowest BCUT2D eigenvalue weighted by molar-refractivity contribution is -0.151. The Kier molecular flexibility index (Phi) is 8.52. The molecule has 0 saturated heterocycles. The maximum absolute atomic E-state index is 12.2. The summed E-state index contributed by atoms with van der Waals surface area (Å²) in [6, 6.07) is 16.1. The average molecular weight is 452 g/mol. The summed E-state index contributed by atoms with van der Waals surface area (Å²) in [6.07, 6.45) is -0.267. The molecule has 0 aliphatic carbocycles. The first-order valence-corrected chi connectivity index (χ1v) is 11.1. The maximum Gasteiger partial charge on any atom is 0.412 e. The molecule has 0 saturated carbocycles. The monoisotopic (exact) mass is 451 g/mol. The molecule has 0 aliphatic heterocycles. The molecule has 1 amide bonds. The van der Waals surface area contributed by atoms with Crippen LogP contribution in [0.25, 0.3) is 10.8 Å². The van der Waals surface area contributed by atoms with Crippen molar-refractivity contribution in [3.8, 4) is 17.6 Å². The van der Waals surface area contributed by atoms with E-state index in [4.69, 9.17) is 14.2 Å². The number of hydrogen-bond acceptors (Lipinski definition) is 6. The highest BCUT2D eigenvalue weighted by molar-refractivity contribution is 7.07. The van der Waals surface area contributed by atoms with E-state index in [1.807, 2.05) is 59.3 Å². The minimum Gasteiger partial charge on any atom is -0.485 e. The van der Waals surface area contributed by atoms with E-state index in [1.165, 1.54) is 4.90 Å². The van der Waals surface area contributed by atoms with Gasteiger partial charge in [0.1, 0.15) is 18.3 Å². The fourth-order valence-corrected chi connectivity index (χ4v) is 3.77. The Morgan fingerprint density at radius 3 is 2.69 bits per heavy atom. The predicted molar refractivity (Wildman–Crippen MR) is 124 cm³/mol. The Labute approximate surface area is 191 Å². The lowest BCUT2D eigenvalue weighted by Gasteiger charge is -2.23. The summed E-state index contributed by atoms with van der Waals surface area (Å²) in [4.78, 5) is 25.1. The fraction of sp³-hybridized carbons (Fsp3) is 0.280. The molecule has 3 aromatic rings. The van der Waals surface area contributed by atoms with Gasteiger partial charge in [-0.15, -0.1) is 5.92 Å². The number of rotatable bonds is 9. The normalized spacial score (nSPS) is 11.2. The van der Waals surface area contributed by atoms with E-state index in [0.29, 0.717) is 13.0 Å². The summed E-state index contributed by atoms with van der Waals surface area (Å²) in [5, 5.41) is 6.20. The van der Waals surface area contributed by atoms with Gasteiger partial charge in [0.25, 0.3) is 0 Å². The van der Waals surface area contributed by atoms with Crippen LogP contribution in [0.3, 0.4) is 0 Å². The predicted octanol–water partition coefficient (Wildman–Crippen LogP) is 5.39. The van der Waals surface area contributed by atoms with Crippen LogP contribution in [0.15, 0.2) is 59.3 Å². The number of benzene rings is 2. The highest BCUT2D eigenvalue weighted by atomic mass is 32.1. The molecule has 0 radical (unpaired) electrons. The van der Waals surface area contributed by atoms with E-state index < -0.39 is 18.9 Å². The van der Waals surface area contributed by atoms with Gasteiger partial charge in [0.2, 0.25) is 6.79 Å². The lowest BCUT2D eigenvalue weighted by atomic mass is 10.1. The first-order chi connectivity index (χ1) is 15.6. The van der Waals surface area contributed by atoms with Crippen molar-refractivity contribution in [2.75, 3.05) is 20.4 Å². The van der Waals surface area contributed by atoms with E-state index in [2.05, 4.69) is 11.8 Å². The van der Waals surface area contributed by atoms with Crippen LogP contribution in [0.2, 0.25) is 0 Å². The number of amides is 1. The van der Waals surface area contributed by atoms with E-state index in [1.54, 1.807) is 25.3 Å². The highest BCUT2D eigenvalue weighted by Crippen LogP contribution is 2.32. The SMILES string of the molecule is CC#CCC(=O)OCOC(=O)N(C)CCC(Oc1cccc2ccccc12)c1ccsc1. The molecule has 0 N–H and O–H groups in total. The average Bonchev–Trinajstić information content (AvgIpc) is 3.35. The number of ether oxygens (including phenoxy) is 3. The molecule has 1 aromatic heterocycles. The van der Waals surface area contributed by atoms with Crippen molar-refractivity contribution >= 4 is 34.2 Å². The molecular formula is C25H25NO5S. The summed E-state index contributed by atoms with van der Waals surface area (Å²) in [6.45, 7) is 1.60. The lowest BCUT2D eigenvalue weighted by Crippen LogP contribution is -2.30. The zero-order chi connectivity index (χ0) is 22.8. The van der Waals surface area contributed by atoms with E-state index in [9.17, 15) is 9.59 Å². The van der Waals surface area contributed by atoms with Gasteiger partial charge < -0.3 is 19.1 Å². The second-order valence-electron chi connectivity index (χ2n) is 7.00. The number of esters is 1. The number of thiophene rings is 1. The summed E-state index contributed by atoms with van der Waals surface area (Å²) in [5.41, 5.74) is 1.05. The zero-order valence-corrected chi connectivity index (χ0v) is 18.9. The number of carbonyl (C=O) groups excluding carboxylic acids is 2. The zero-order valence-electron chi connectivity index (χ0n) is 18.1. The number of carbonyl (C=O) groups is 2. The van der Waals surface area contributed by atoms with Gasteiger partial charge in [-0.05, 0) is 35.2 Å². The number of nitrogens with zero attached hydrogens (tertiary/aromatic N) is 1. The van der Waals surface area contributed by atoms with Crippen molar-refractivity contribution in [1.82, 2.24) is 4.90 Å². The largest absolute Gasteiger partial charge is 0.485 e. The van der Waals surface area contributed by atoms with Crippen molar-refractivity contribution in [3.63, 3.8) is 0 Å². The minimum atomic E-state index is -0.575. The molecule has 0 spiro atoms. The van der Waals surface area contributed by atoms with Crippen molar-refractivity contribution in [1.29, 1.82) is 0 Å². The first-order valence-electron chi connectivity index (χ1n) is 10.2. The van der Waals surface area contributed by atoms with Gasteiger partial charge in [-0.2, -0.15) is 11.3 Å². The van der Waals surface area contributed by atoms with Gasteiger partial charge in [0.15, 0.2) is 0 Å². The van der Waals surface area contributed by atoms with Crippen LogP contribution in [0, 0.1) is 11.8 Å². The van der Waals surface area contributed by atoms with Gasteiger partial charge in [0, 0.05) is 31.0 Å². The smallest absolute Gasteiger partial charge is 0.412 e. The third-order valence-electron chi connectivity index (χ3n) is 4.78. The number of fused-ring (bicyclic) bond motifs is 1. The quantitative estimate of drug-likeness (QED) is 0.248. The molecule has 3 rings (SSSR count). The van der Waals surface area contributed by atoms with Crippen molar-refractivity contribution < 1.29 is 23.8 Å². The topological polar surface area (TPSA) is 65.1 Å². The third-order valence-corrected chi connectivity index (χ3v) is 5.49. The first kappa shape index (κ1) is 23.2. The molecule has 1 unspecified atom stereocenters. The molecule has 166 valence electrons. The number of hydrogen-bond donors (Lipinski definition) is 0. The maximum atomic E-state index is 12.2. The Balaban J connectivity index is 1.58. The molecule has 0 fully saturated rings. The van der Waals surface area contributed by atoms with E-state index in [-0.39, 0.29) is 12.5 Å². The molecule has 32 heavy (non-hydrogen) atoms. The van der Waals surface area contributed by atoms with Crippen molar-refractivity contribution in [2.45, 2.75) is 25.9 Å². The molecule has 2 aromatic carbocycles. The van der Waals surface area contributed by atoms with Gasteiger partial charge in [-0.1, -0.05) is 42.3 Å². The fourth-order valence-electron chi connectivity index (χ4n) is 3.07. The van der Waals surface area contributed by atoms with Gasteiger partial charge >= 0.3 is 12.1 Å². The molecule has 1 atom stereocenters. The van der Waals surface area contributed by atoms with Crippen LogP contribution >= 0.6 is 11.3 Å². The van der Waals surface area contributed by atoms with Crippen LogP contribution in [0.5, 0.6) is 5.75 Å². The molecule has 6 nitrogen and oxygen atoms in total. The second-order valence-corrected chi connectivity index (χ2v) is 7.78. The standard InChI is InChI=1S/C25H25NO5S/c1-3-4-12-24(27)29-18-30-25(28)26(2)15-13-22(20-14-16-32-17-20)31-23-11-7-9-19-8-5-6-10-21(19)23/h5-11,14,16-17,22H,12-13,15,18H2,1-2H3. The second kappa shape index (κ2) is 11.8. The Morgan fingerprint density at radius 1 is 1.09 bits per heavy atom. The Morgan fingerprint density at radius 2 is 1.91 bits per heavy atom. The molecule has 0 aliphatic rings. The van der Waals surface area contributed by atoms with Crippen LogP contribution < -0.4 is 4.74 Å². The van der Waals surface area contributed by atoms with Crippen LogP contribution in [-0.2, 0) is 14.3 Å². The van der Waals surface area contributed by atoms with Crippen LogP contribution in [0.1, 0.15) is 31.4 Å².